The summed E-state index contributed by atoms with van der Waals surface area (Å²) in [6, 6.07) is 0. The van der Waals surface area contributed by atoms with Crippen LogP contribution in [-0.2, 0) is 19.2 Å². The fourth-order valence-corrected chi connectivity index (χ4v) is 2.32. The van der Waals surface area contributed by atoms with Crippen LogP contribution in [0.15, 0.2) is 0 Å². The molecule has 2 fully saturated rings. The third kappa shape index (κ3) is 6.58. The van der Waals surface area contributed by atoms with Gasteiger partial charge in [0.05, 0.1) is 5.92 Å². The maximum absolute atomic E-state index is 11.8. The Bertz CT molecular complexity index is 344. The average Bonchev–Trinajstić information content (AvgIpc) is 2.82. The molecule has 0 unspecified atom stereocenters. The summed E-state index contributed by atoms with van der Waals surface area (Å²) in [4.78, 5) is 39.3. The summed E-state index contributed by atoms with van der Waals surface area (Å²) in [5.41, 5.74) is 0. The van der Waals surface area contributed by atoms with E-state index in [4.69, 9.17) is 4.84 Å². The molecule has 0 spiro atoms. The van der Waals surface area contributed by atoms with Crippen molar-refractivity contribution >= 4 is 17.8 Å². The molecule has 1 saturated heterocycles. The highest BCUT2D eigenvalue weighted by atomic mass is 16.7. The molecule has 0 aromatic carbocycles. The van der Waals surface area contributed by atoms with Crippen LogP contribution in [0.1, 0.15) is 79.6 Å². The normalized spacial score (nSPS) is 24.0. The van der Waals surface area contributed by atoms with E-state index in [1.807, 2.05) is 13.8 Å². The molecule has 1 heterocycles. The lowest BCUT2D eigenvalue weighted by atomic mass is 9.83. The number of hydroxylamine groups is 2. The Labute approximate surface area is 134 Å². The van der Waals surface area contributed by atoms with Crippen LogP contribution >= 0.6 is 0 Å². The molecule has 0 aromatic heterocycles. The molecule has 0 aromatic rings. The molecule has 5 heteroatoms. The van der Waals surface area contributed by atoms with Gasteiger partial charge in [-0.25, -0.2) is 4.79 Å². The Morgan fingerprint density at radius 1 is 1.05 bits per heavy atom. The van der Waals surface area contributed by atoms with E-state index in [1.54, 1.807) is 0 Å². The zero-order valence-corrected chi connectivity index (χ0v) is 14.7. The van der Waals surface area contributed by atoms with Gasteiger partial charge in [0.15, 0.2) is 0 Å². The van der Waals surface area contributed by atoms with Crippen LogP contribution in [0.4, 0.5) is 0 Å². The van der Waals surface area contributed by atoms with Crippen LogP contribution in [0.2, 0.25) is 0 Å². The second kappa shape index (κ2) is 11.2. The Hall–Kier alpha value is -1.39. The molecule has 2 aliphatic rings. The van der Waals surface area contributed by atoms with Gasteiger partial charge in [0.25, 0.3) is 11.8 Å². The number of nitrogens with zero attached hydrogens (tertiary/aromatic N) is 1. The van der Waals surface area contributed by atoms with Crippen molar-refractivity contribution in [2.75, 3.05) is 0 Å². The van der Waals surface area contributed by atoms with Gasteiger partial charge in [0.1, 0.15) is 0 Å². The smallest absolute Gasteiger partial charge is 0.330 e. The van der Waals surface area contributed by atoms with Gasteiger partial charge in [-0.15, -0.1) is 5.06 Å². The summed E-state index contributed by atoms with van der Waals surface area (Å²) in [6.45, 7) is 10.4. The number of imide groups is 1. The first-order valence-electron chi connectivity index (χ1n) is 8.57. The van der Waals surface area contributed by atoms with Crippen LogP contribution < -0.4 is 0 Å². The van der Waals surface area contributed by atoms with Gasteiger partial charge in [0.2, 0.25) is 0 Å². The van der Waals surface area contributed by atoms with E-state index in [2.05, 4.69) is 20.8 Å². The van der Waals surface area contributed by atoms with E-state index < -0.39 is 17.8 Å². The lowest BCUT2D eigenvalue weighted by Crippen LogP contribution is -2.35. The second-order valence-corrected chi connectivity index (χ2v) is 5.66. The molecular weight excluding hydrogens is 282 g/mol. The van der Waals surface area contributed by atoms with Crippen LogP contribution in [0.5, 0.6) is 0 Å². The fourth-order valence-electron chi connectivity index (χ4n) is 2.32. The van der Waals surface area contributed by atoms with Crippen LogP contribution in [-0.4, -0.2) is 22.8 Å². The van der Waals surface area contributed by atoms with Crippen molar-refractivity contribution in [3.05, 3.63) is 0 Å². The maximum atomic E-state index is 11.8. The molecule has 128 valence electrons. The molecule has 2 rings (SSSR count). The number of hydrogen-bond acceptors (Lipinski definition) is 4. The van der Waals surface area contributed by atoms with Gasteiger partial charge in [0, 0.05) is 12.8 Å². The van der Waals surface area contributed by atoms with Crippen molar-refractivity contribution in [2.45, 2.75) is 79.6 Å². The van der Waals surface area contributed by atoms with Gasteiger partial charge in [-0.2, -0.15) is 0 Å². The van der Waals surface area contributed by atoms with Crippen molar-refractivity contribution in [1.29, 1.82) is 0 Å². The molecule has 1 aliphatic carbocycles. The van der Waals surface area contributed by atoms with Gasteiger partial charge in [-0.1, -0.05) is 41.0 Å². The van der Waals surface area contributed by atoms with Crippen molar-refractivity contribution in [3.63, 3.8) is 0 Å². The first kappa shape index (κ1) is 20.6. The number of rotatable bonds is 2. The van der Waals surface area contributed by atoms with E-state index in [-0.39, 0.29) is 18.8 Å². The van der Waals surface area contributed by atoms with Gasteiger partial charge >= 0.3 is 5.97 Å². The first-order valence-corrected chi connectivity index (χ1v) is 8.57. The van der Waals surface area contributed by atoms with E-state index >= 15 is 0 Å². The van der Waals surface area contributed by atoms with E-state index in [0.29, 0.717) is 11.0 Å². The van der Waals surface area contributed by atoms with Crippen molar-refractivity contribution in [3.8, 4) is 0 Å². The SMILES string of the molecule is CC.CC1CCC(C(=O)ON2C(=O)CCC2=O)CC1.CCC. The Morgan fingerprint density at radius 2 is 1.45 bits per heavy atom. The maximum Gasteiger partial charge on any atom is 0.336 e. The zero-order chi connectivity index (χ0) is 17.1. The monoisotopic (exact) mass is 313 g/mol. The molecule has 2 amide bonds. The third-order valence-electron chi connectivity index (χ3n) is 3.54. The zero-order valence-electron chi connectivity index (χ0n) is 14.7. The minimum absolute atomic E-state index is 0.147. The van der Waals surface area contributed by atoms with Gasteiger partial charge < -0.3 is 4.84 Å². The predicted molar refractivity (Wildman–Crippen MR) is 85.6 cm³/mol. The molecule has 0 bridgehead atoms. The molecular formula is C17H31NO4. The minimum Gasteiger partial charge on any atom is -0.330 e. The highest BCUT2D eigenvalue weighted by Crippen LogP contribution is 2.29. The summed E-state index contributed by atoms with van der Waals surface area (Å²) in [6.07, 6.45) is 5.12. The van der Waals surface area contributed by atoms with Gasteiger partial charge in [-0.3, -0.25) is 9.59 Å². The number of carbonyl (C=O) groups excluding carboxylic acids is 3. The summed E-state index contributed by atoms with van der Waals surface area (Å²) >= 11 is 0. The topological polar surface area (TPSA) is 63.7 Å². The highest BCUT2D eigenvalue weighted by molar-refractivity contribution is 6.01. The van der Waals surface area contributed by atoms with E-state index in [1.165, 1.54) is 6.42 Å². The lowest BCUT2D eigenvalue weighted by Gasteiger charge is -2.25. The standard InChI is InChI=1S/C12H17NO4.C3H8.C2H6/c1-8-2-4-9(5-3-8)12(16)17-13-10(14)6-7-11(13)15;1-3-2;1-2/h8-9H,2-7H2,1H3;3H2,1-2H3;1-2H3. The van der Waals surface area contributed by atoms with E-state index in [9.17, 15) is 14.4 Å². The molecule has 0 radical (unpaired) electrons. The minimum atomic E-state index is -0.430. The Balaban J connectivity index is 0.000000789. The molecule has 0 atom stereocenters. The second-order valence-electron chi connectivity index (χ2n) is 5.66. The Morgan fingerprint density at radius 3 is 1.86 bits per heavy atom. The molecule has 5 nitrogen and oxygen atoms in total. The van der Waals surface area contributed by atoms with Gasteiger partial charge in [-0.05, 0) is 31.6 Å². The largest absolute Gasteiger partial charge is 0.336 e. The van der Waals surface area contributed by atoms with E-state index in [0.717, 1.165) is 25.7 Å². The summed E-state index contributed by atoms with van der Waals surface area (Å²) < 4.78 is 0. The average molecular weight is 313 g/mol. The van der Waals surface area contributed by atoms with Crippen molar-refractivity contribution in [2.24, 2.45) is 11.8 Å². The molecule has 1 aliphatic heterocycles. The predicted octanol–water partition coefficient (Wildman–Crippen LogP) is 3.86. The Kier molecular flexibility index (Phi) is 10.5. The van der Waals surface area contributed by atoms with Crippen LogP contribution in [0.3, 0.4) is 0 Å². The summed E-state index contributed by atoms with van der Waals surface area (Å²) in [5.74, 6) is -0.762. The first-order chi connectivity index (χ1) is 10.5. The van der Waals surface area contributed by atoms with Crippen LogP contribution in [0.25, 0.3) is 0 Å². The summed E-state index contributed by atoms with van der Waals surface area (Å²) in [7, 11) is 0. The molecule has 1 saturated carbocycles. The summed E-state index contributed by atoms with van der Waals surface area (Å²) in [5, 5.41) is 0.639. The quantitative estimate of drug-likeness (QED) is 0.726. The highest BCUT2D eigenvalue weighted by Gasteiger charge is 2.35. The molecule has 0 N–H and O–H groups in total. The van der Waals surface area contributed by atoms with Crippen molar-refractivity contribution < 1.29 is 19.2 Å². The number of hydrogen-bond donors (Lipinski definition) is 0. The third-order valence-corrected chi connectivity index (χ3v) is 3.54. The molecule has 22 heavy (non-hydrogen) atoms. The number of amides is 2. The lowest BCUT2D eigenvalue weighted by molar-refractivity contribution is -0.201. The number of carbonyl (C=O) groups is 3. The fraction of sp³-hybridized carbons (Fsp3) is 0.824. The van der Waals surface area contributed by atoms with Crippen LogP contribution in [0, 0.1) is 11.8 Å². The van der Waals surface area contributed by atoms with Crippen molar-refractivity contribution in [1.82, 2.24) is 5.06 Å².